The Morgan fingerprint density at radius 1 is 1.50 bits per heavy atom. The fourth-order valence-electron chi connectivity index (χ4n) is 1.10. The highest BCUT2D eigenvalue weighted by Gasteiger charge is 1.97. The van der Waals surface area contributed by atoms with Crippen molar-refractivity contribution in [3.05, 3.63) is 34.9 Å². The van der Waals surface area contributed by atoms with Gasteiger partial charge >= 0.3 is 0 Å². The second-order valence-electron chi connectivity index (χ2n) is 2.72. The molecule has 0 heterocycles. The molecule has 0 aliphatic heterocycles. The topological polar surface area (TPSA) is 9.23 Å². The zero-order valence-electron chi connectivity index (χ0n) is 7.42. The first kappa shape index (κ1) is 8.83. The molecule has 0 fully saturated rings. The van der Waals surface area contributed by atoms with E-state index in [1.807, 2.05) is 25.1 Å². The molecule has 0 N–H and O–H groups in total. The lowest BCUT2D eigenvalue weighted by molar-refractivity contribution is 0.184. The van der Waals surface area contributed by atoms with Gasteiger partial charge in [0.25, 0.3) is 0 Å². The molecule has 0 spiro atoms. The molecule has 0 amide bonds. The number of terminal acetylenes is 1. The molecule has 1 nitrogen and oxygen atoms in total. The van der Waals surface area contributed by atoms with E-state index in [2.05, 4.69) is 5.92 Å². The Labute approximate surface area is 73.4 Å². The van der Waals surface area contributed by atoms with Crippen molar-refractivity contribution in [3.63, 3.8) is 0 Å². The zero-order valence-corrected chi connectivity index (χ0v) is 7.42. The van der Waals surface area contributed by atoms with Crippen LogP contribution in [0.4, 0.5) is 0 Å². The van der Waals surface area contributed by atoms with Crippen LogP contribution in [0.25, 0.3) is 0 Å². The van der Waals surface area contributed by atoms with Gasteiger partial charge in [0.1, 0.15) is 0 Å². The summed E-state index contributed by atoms with van der Waals surface area (Å²) in [5.41, 5.74) is 3.30. The van der Waals surface area contributed by atoms with Crippen molar-refractivity contribution in [3.8, 4) is 12.3 Å². The quantitative estimate of drug-likeness (QED) is 0.602. The van der Waals surface area contributed by atoms with E-state index in [0.717, 1.165) is 5.56 Å². The van der Waals surface area contributed by atoms with Gasteiger partial charge in [0, 0.05) is 12.7 Å². The number of rotatable bonds is 2. The van der Waals surface area contributed by atoms with Crippen molar-refractivity contribution in [2.75, 3.05) is 7.11 Å². The maximum Gasteiger partial charge on any atom is 0.0715 e. The smallest absolute Gasteiger partial charge is 0.0715 e. The maximum atomic E-state index is 5.26. The van der Waals surface area contributed by atoms with Gasteiger partial charge in [-0.05, 0) is 30.2 Å². The summed E-state index contributed by atoms with van der Waals surface area (Å²) in [7, 11) is 1.69. The van der Waals surface area contributed by atoms with Crippen molar-refractivity contribution in [2.45, 2.75) is 13.5 Å². The van der Waals surface area contributed by atoms with Crippen molar-refractivity contribution >= 4 is 0 Å². The van der Waals surface area contributed by atoms with Gasteiger partial charge in [-0.1, -0.05) is 12.0 Å². The SMILES string of the molecule is C#Cc1ccc(COC)c(C)c1. The molecule has 0 aliphatic rings. The number of hydrogen-bond donors (Lipinski definition) is 0. The van der Waals surface area contributed by atoms with Crippen LogP contribution in [0, 0.1) is 19.3 Å². The van der Waals surface area contributed by atoms with Gasteiger partial charge in [-0.25, -0.2) is 0 Å². The summed E-state index contributed by atoms with van der Waals surface area (Å²) >= 11 is 0. The van der Waals surface area contributed by atoms with E-state index in [1.54, 1.807) is 7.11 Å². The average Bonchev–Trinajstić information content (AvgIpc) is 2.09. The van der Waals surface area contributed by atoms with Crippen LogP contribution in [-0.4, -0.2) is 7.11 Å². The lowest BCUT2D eigenvalue weighted by Crippen LogP contribution is -1.91. The molecule has 1 aromatic rings. The third kappa shape index (κ3) is 1.87. The monoisotopic (exact) mass is 160 g/mol. The normalized spacial score (nSPS) is 9.42. The van der Waals surface area contributed by atoms with Crippen LogP contribution in [0.1, 0.15) is 16.7 Å². The Morgan fingerprint density at radius 3 is 2.75 bits per heavy atom. The summed E-state index contributed by atoms with van der Waals surface area (Å²) < 4.78 is 5.03. The summed E-state index contributed by atoms with van der Waals surface area (Å²) in [5, 5.41) is 0. The molecule has 0 saturated heterocycles. The van der Waals surface area contributed by atoms with Crippen LogP contribution in [0.2, 0.25) is 0 Å². The Hall–Kier alpha value is -1.26. The minimum atomic E-state index is 0.649. The molecule has 1 heteroatoms. The van der Waals surface area contributed by atoms with Crippen LogP contribution >= 0.6 is 0 Å². The van der Waals surface area contributed by atoms with Crippen LogP contribution in [0.15, 0.2) is 18.2 Å². The third-order valence-electron chi connectivity index (χ3n) is 1.81. The summed E-state index contributed by atoms with van der Waals surface area (Å²) in [6.07, 6.45) is 5.26. The fourth-order valence-corrected chi connectivity index (χ4v) is 1.10. The molecular formula is C11H12O. The molecule has 0 aromatic heterocycles. The molecule has 0 radical (unpaired) electrons. The van der Waals surface area contributed by atoms with Crippen molar-refractivity contribution in [2.24, 2.45) is 0 Å². The Bertz CT molecular complexity index is 307. The first-order valence-corrected chi connectivity index (χ1v) is 3.83. The van der Waals surface area contributed by atoms with Crippen LogP contribution < -0.4 is 0 Å². The summed E-state index contributed by atoms with van der Waals surface area (Å²) in [6.45, 7) is 2.69. The first-order valence-electron chi connectivity index (χ1n) is 3.83. The zero-order chi connectivity index (χ0) is 8.97. The molecule has 0 aliphatic carbocycles. The largest absolute Gasteiger partial charge is 0.380 e. The molecule has 0 bridgehead atoms. The summed E-state index contributed by atoms with van der Waals surface area (Å²) in [5.74, 6) is 2.60. The molecule has 12 heavy (non-hydrogen) atoms. The van der Waals surface area contributed by atoms with Crippen molar-refractivity contribution < 1.29 is 4.74 Å². The van der Waals surface area contributed by atoms with Crippen molar-refractivity contribution in [1.82, 2.24) is 0 Å². The fraction of sp³-hybridized carbons (Fsp3) is 0.273. The minimum Gasteiger partial charge on any atom is -0.380 e. The molecule has 1 rings (SSSR count). The third-order valence-corrected chi connectivity index (χ3v) is 1.81. The average molecular weight is 160 g/mol. The highest BCUT2D eigenvalue weighted by molar-refractivity contribution is 5.38. The van der Waals surface area contributed by atoms with E-state index in [1.165, 1.54) is 11.1 Å². The van der Waals surface area contributed by atoms with Gasteiger partial charge in [0.15, 0.2) is 0 Å². The van der Waals surface area contributed by atoms with Gasteiger partial charge in [0.2, 0.25) is 0 Å². The van der Waals surface area contributed by atoms with E-state index in [4.69, 9.17) is 11.2 Å². The predicted molar refractivity (Wildman–Crippen MR) is 49.8 cm³/mol. The molecule has 0 atom stereocenters. The van der Waals surface area contributed by atoms with Crippen molar-refractivity contribution in [1.29, 1.82) is 0 Å². The van der Waals surface area contributed by atoms with Gasteiger partial charge in [0.05, 0.1) is 6.61 Å². The second kappa shape index (κ2) is 3.94. The van der Waals surface area contributed by atoms with Gasteiger partial charge < -0.3 is 4.74 Å². The number of aryl methyl sites for hydroxylation is 1. The number of methoxy groups -OCH3 is 1. The second-order valence-corrected chi connectivity index (χ2v) is 2.72. The number of hydrogen-bond acceptors (Lipinski definition) is 1. The Kier molecular flexibility index (Phi) is 2.90. The molecule has 0 saturated carbocycles. The predicted octanol–water partition coefficient (Wildman–Crippen LogP) is 2.12. The van der Waals surface area contributed by atoms with Gasteiger partial charge in [-0.15, -0.1) is 6.42 Å². The molecule has 1 aromatic carbocycles. The number of ether oxygens (including phenoxy) is 1. The number of benzene rings is 1. The highest BCUT2D eigenvalue weighted by atomic mass is 16.5. The minimum absolute atomic E-state index is 0.649. The van der Waals surface area contributed by atoms with E-state index in [0.29, 0.717) is 6.61 Å². The molecular weight excluding hydrogens is 148 g/mol. The maximum absolute atomic E-state index is 5.26. The lowest BCUT2D eigenvalue weighted by Gasteiger charge is -2.04. The van der Waals surface area contributed by atoms with Crippen LogP contribution in [-0.2, 0) is 11.3 Å². The first-order chi connectivity index (χ1) is 5.77. The van der Waals surface area contributed by atoms with E-state index >= 15 is 0 Å². The van der Waals surface area contributed by atoms with E-state index in [-0.39, 0.29) is 0 Å². The van der Waals surface area contributed by atoms with Crippen LogP contribution in [0.3, 0.4) is 0 Å². The Balaban J connectivity index is 2.97. The molecule has 0 unspecified atom stereocenters. The summed E-state index contributed by atoms with van der Waals surface area (Å²) in [4.78, 5) is 0. The Morgan fingerprint density at radius 2 is 2.25 bits per heavy atom. The lowest BCUT2D eigenvalue weighted by atomic mass is 10.1. The summed E-state index contributed by atoms with van der Waals surface area (Å²) in [6, 6.07) is 5.93. The standard InChI is InChI=1S/C11H12O/c1-4-10-5-6-11(8-12-3)9(2)7-10/h1,5-7H,8H2,2-3H3. The van der Waals surface area contributed by atoms with Crippen LogP contribution in [0.5, 0.6) is 0 Å². The molecule has 62 valence electrons. The van der Waals surface area contributed by atoms with Gasteiger partial charge in [-0.2, -0.15) is 0 Å². The van der Waals surface area contributed by atoms with Gasteiger partial charge in [-0.3, -0.25) is 0 Å². The van der Waals surface area contributed by atoms with E-state index < -0.39 is 0 Å². The highest BCUT2D eigenvalue weighted by Crippen LogP contribution is 2.10. The van der Waals surface area contributed by atoms with E-state index in [9.17, 15) is 0 Å².